The molecule has 1 aliphatic rings. The van der Waals surface area contributed by atoms with Crippen molar-refractivity contribution in [3.8, 4) is 6.07 Å². The van der Waals surface area contributed by atoms with E-state index in [1.807, 2.05) is 6.92 Å². The third kappa shape index (κ3) is 2.74. The molecule has 0 unspecified atom stereocenters. The highest BCUT2D eigenvalue weighted by Crippen LogP contribution is 2.46. The predicted molar refractivity (Wildman–Crippen MR) is 79.2 cm³/mol. The monoisotopic (exact) mass is 360 g/mol. The molecule has 1 aromatic carbocycles. The minimum Gasteiger partial charge on any atom is -0.322 e. The van der Waals surface area contributed by atoms with Crippen LogP contribution in [0.1, 0.15) is 19.8 Å². The summed E-state index contributed by atoms with van der Waals surface area (Å²) in [5.74, 6) is 0.0560. The van der Waals surface area contributed by atoms with Crippen molar-refractivity contribution in [1.29, 1.82) is 5.26 Å². The number of hydrogen-bond donors (Lipinski definition) is 1. The van der Waals surface area contributed by atoms with E-state index in [9.17, 15) is 10.1 Å². The zero-order chi connectivity index (χ0) is 14.2. The molecule has 0 bridgehead atoms. The number of hydrogen-bond acceptors (Lipinski definition) is 2. The number of amides is 1. The van der Waals surface area contributed by atoms with Crippen molar-refractivity contribution in [3.63, 3.8) is 0 Å². The molecule has 0 spiro atoms. The first-order chi connectivity index (χ1) is 8.88. The van der Waals surface area contributed by atoms with Gasteiger partial charge in [0.05, 0.1) is 21.8 Å². The second-order valence-corrected chi connectivity index (χ2v) is 6.64. The van der Waals surface area contributed by atoms with Crippen molar-refractivity contribution in [2.45, 2.75) is 19.8 Å². The van der Waals surface area contributed by atoms with Crippen molar-refractivity contribution in [3.05, 3.63) is 26.7 Å². The predicted octanol–water partition coefficient (Wildman–Crippen LogP) is 4.63. The number of halogens is 3. The van der Waals surface area contributed by atoms with Crippen LogP contribution in [0.3, 0.4) is 0 Å². The molecule has 1 aliphatic carbocycles. The van der Waals surface area contributed by atoms with Crippen LogP contribution in [0.4, 0.5) is 5.69 Å². The molecular weight excluding hydrogens is 351 g/mol. The van der Waals surface area contributed by atoms with Crippen molar-refractivity contribution in [2.75, 3.05) is 5.32 Å². The first-order valence-electron chi connectivity index (χ1n) is 5.75. The second kappa shape index (κ2) is 5.32. The van der Waals surface area contributed by atoms with Crippen LogP contribution >= 0.6 is 39.1 Å². The highest BCUT2D eigenvalue weighted by Gasteiger charge is 2.49. The summed E-state index contributed by atoms with van der Waals surface area (Å²) in [4.78, 5) is 12.2. The maximum absolute atomic E-state index is 12.2. The Morgan fingerprint density at radius 2 is 2.00 bits per heavy atom. The molecule has 100 valence electrons. The van der Waals surface area contributed by atoms with Crippen LogP contribution < -0.4 is 5.32 Å². The average Bonchev–Trinajstić information content (AvgIpc) is 2.29. The number of carbonyl (C=O) groups excluding carboxylic acids is 1. The van der Waals surface area contributed by atoms with Gasteiger partial charge in [0.1, 0.15) is 5.41 Å². The molecule has 3 nitrogen and oxygen atoms in total. The van der Waals surface area contributed by atoms with E-state index in [-0.39, 0.29) is 5.91 Å². The van der Waals surface area contributed by atoms with Gasteiger partial charge in [0.15, 0.2) is 0 Å². The summed E-state index contributed by atoms with van der Waals surface area (Å²) >= 11 is 15.4. The number of nitrogens with zero attached hydrogens (tertiary/aromatic N) is 1. The number of nitrogens with one attached hydrogen (secondary N) is 1. The van der Waals surface area contributed by atoms with E-state index in [4.69, 9.17) is 23.2 Å². The molecular formula is C13H11BrCl2N2O. The topological polar surface area (TPSA) is 52.9 Å². The summed E-state index contributed by atoms with van der Waals surface area (Å²) in [5.41, 5.74) is -0.593. The zero-order valence-electron chi connectivity index (χ0n) is 10.1. The van der Waals surface area contributed by atoms with E-state index >= 15 is 0 Å². The summed E-state index contributed by atoms with van der Waals surface area (Å²) in [5, 5.41) is 12.6. The van der Waals surface area contributed by atoms with Crippen molar-refractivity contribution in [1.82, 2.24) is 0 Å². The lowest BCUT2D eigenvalue weighted by atomic mass is 9.63. The Hall–Kier alpha value is -0.760. The molecule has 1 aromatic rings. The molecule has 0 heterocycles. The second-order valence-electron chi connectivity index (χ2n) is 4.91. The van der Waals surface area contributed by atoms with Gasteiger partial charge in [-0.25, -0.2) is 0 Å². The zero-order valence-corrected chi connectivity index (χ0v) is 13.2. The Kier molecular flexibility index (Phi) is 4.10. The van der Waals surface area contributed by atoms with E-state index in [0.717, 1.165) is 4.47 Å². The van der Waals surface area contributed by atoms with E-state index < -0.39 is 5.41 Å². The lowest BCUT2D eigenvalue weighted by Gasteiger charge is -2.39. The SMILES string of the molecule is CC1CC(C#N)(C(=O)Nc2c(Cl)cc(Br)cc2Cl)C1. The van der Waals surface area contributed by atoms with Gasteiger partial charge in [0.2, 0.25) is 5.91 Å². The first-order valence-corrected chi connectivity index (χ1v) is 7.30. The standard InChI is InChI=1S/C13H11BrCl2N2O/c1-7-4-13(5-7,6-17)12(19)18-11-9(15)2-8(14)3-10(11)16/h2-3,7H,4-5H2,1H3,(H,18,19). The van der Waals surface area contributed by atoms with Gasteiger partial charge in [-0.15, -0.1) is 0 Å². The molecule has 0 radical (unpaired) electrons. The Morgan fingerprint density at radius 1 is 1.47 bits per heavy atom. The summed E-state index contributed by atoms with van der Waals surface area (Å²) in [6.07, 6.45) is 1.14. The van der Waals surface area contributed by atoms with Crippen LogP contribution in [0.5, 0.6) is 0 Å². The van der Waals surface area contributed by atoms with E-state index in [1.165, 1.54) is 0 Å². The number of benzene rings is 1. The fourth-order valence-corrected chi connectivity index (χ4v) is 3.66. The molecule has 6 heteroatoms. The third-order valence-electron chi connectivity index (χ3n) is 3.29. The van der Waals surface area contributed by atoms with Crippen LogP contribution in [0.15, 0.2) is 16.6 Å². The van der Waals surface area contributed by atoms with E-state index in [2.05, 4.69) is 27.3 Å². The summed E-state index contributed by atoms with van der Waals surface area (Å²) < 4.78 is 0.729. The number of carbonyl (C=O) groups is 1. The fourth-order valence-electron chi connectivity index (χ4n) is 2.35. The molecule has 1 N–H and O–H groups in total. The minimum atomic E-state index is -0.945. The molecule has 1 amide bonds. The van der Waals surface area contributed by atoms with Crippen LogP contribution in [-0.2, 0) is 4.79 Å². The van der Waals surface area contributed by atoms with Gasteiger partial charge in [-0.1, -0.05) is 46.1 Å². The Balaban J connectivity index is 2.23. The highest BCUT2D eigenvalue weighted by molar-refractivity contribution is 9.10. The number of nitriles is 1. The van der Waals surface area contributed by atoms with Crippen molar-refractivity contribution < 1.29 is 4.79 Å². The van der Waals surface area contributed by atoms with Crippen LogP contribution in [0, 0.1) is 22.7 Å². The fraction of sp³-hybridized carbons (Fsp3) is 0.385. The largest absolute Gasteiger partial charge is 0.322 e. The average molecular weight is 362 g/mol. The van der Waals surface area contributed by atoms with Gasteiger partial charge in [-0.2, -0.15) is 5.26 Å². The van der Waals surface area contributed by atoms with Crippen LogP contribution in [-0.4, -0.2) is 5.91 Å². The molecule has 1 fully saturated rings. The molecule has 19 heavy (non-hydrogen) atoms. The van der Waals surface area contributed by atoms with Gasteiger partial charge in [-0.05, 0) is 30.9 Å². The molecule has 0 atom stereocenters. The highest BCUT2D eigenvalue weighted by atomic mass is 79.9. The van der Waals surface area contributed by atoms with Gasteiger partial charge >= 0.3 is 0 Å². The Morgan fingerprint density at radius 3 is 2.42 bits per heavy atom. The van der Waals surface area contributed by atoms with E-state index in [1.54, 1.807) is 12.1 Å². The van der Waals surface area contributed by atoms with Crippen LogP contribution in [0.2, 0.25) is 10.0 Å². The first kappa shape index (κ1) is 14.6. The lowest BCUT2D eigenvalue weighted by molar-refractivity contribution is -0.128. The third-order valence-corrected chi connectivity index (χ3v) is 4.34. The maximum atomic E-state index is 12.2. The summed E-state index contributed by atoms with van der Waals surface area (Å²) in [6, 6.07) is 5.40. The molecule has 0 aromatic heterocycles. The Bertz CT molecular complexity index is 553. The van der Waals surface area contributed by atoms with Gasteiger partial charge in [-0.3, -0.25) is 4.79 Å². The van der Waals surface area contributed by atoms with Gasteiger partial charge < -0.3 is 5.32 Å². The number of rotatable bonds is 2. The normalized spacial score (nSPS) is 25.3. The lowest BCUT2D eigenvalue weighted by Crippen LogP contribution is -2.45. The molecule has 0 saturated heterocycles. The van der Waals surface area contributed by atoms with Crippen molar-refractivity contribution >= 4 is 50.7 Å². The van der Waals surface area contributed by atoms with E-state index in [0.29, 0.717) is 34.5 Å². The number of anilines is 1. The maximum Gasteiger partial charge on any atom is 0.244 e. The quantitative estimate of drug-likeness (QED) is 0.834. The smallest absolute Gasteiger partial charge is 0.244 e. The summed E-state index contributed by atoms with van der Waals surface area (Å²) in [7, 11) is 0. The van der Waals surface area contributed by atoms with Gasteiger partial charge in [0, 0.05) is 4.47 Å². The molecule has 1 saturated carbocycles. The minimum absolute atomic E-state index is 0.334. The van der Waals surface area contributed by atoms with Crippen LogP contribution in [0.25, 0.3) is 0 Å². The molecule has 0 aliphatic heterocycles. The summed E-state index contributed by atoms with van der Waals surface area (Å²) in [6.45, 7) is 2.02. The molecule has 2 rings (SSSR count). The Labute approximate surface area is 130 Å². The van der Waals surface area contributed by atoms with Gasteiger partial charge in [0.25, 0.3) is 0 Å². The van der Waals surface area contributed by atoms with Crippen molar-refractivity contribution in [2.24, 2.45) is 11.3 Å².